The van der Waals surface area contributed by atoms with Crippen LogP contribution in [0, 0.1) is 0 Å². The lowest BCUT2D eigenvalue weighted by Gasteiger charge is -2.42. The second-order valence-electron chi connectivity index (χ2n) is 7.01. The third-order valence-electron chi connectivity index (χ3n) is 3.96. The summed E-state index contributed by atoms with van der Waals surface area (Å²) in [6.45, 7) is -10.5. The number of pyridine rings is 1. The Balaban J connectivity index is 2.86. The summed E-state index contributed by atoms with van der Waals surface area (Å²) in [5.74, 6) is 0. The maximum absolute atomic E-state index is 9.11. The summed E-state index contributed by atoms with van der Waals surface area (Å²) in [6, 6.07) is 1.78. The summed E-state index contributed by atoms with van der Waals surface area (Å²) < 4.78 is 153. The van der Waals surface area contributed by atoms with Gasteiger partial charge in [-0.25, -0.2) is 0 Å². The number of aromatic nitrogens is 1. The number of hydrogen-bond donors (Lipinski definition) is 0. The molecule has 0 aliphatic heterocycles. The Morgan fingerprint density at radius 3 is 2.38 bits per heavy atom. The van der Waals surface area contributed by atoms with Gasteiger partial charge in [0.2, 0.25) is 0 Å². The molecule has 0 spiro atoms. The zero-order chi connectivity index (χ0) is 33.1. The normalized spacial score (nSPS) is 36.3. The molecule has 0 atom stereocenters. The van der Waals surface area contributed by atoms with Crippen molar-refractivity contribution < 1.29 is 24.7 Å². The van der Waals surface area contributed by atoms with Crippen LogP contribution in [0.5, 0.6) is 0 Å². The van der Waals surface area contributed by atoms with Crippen LogP contribution in [0.2, 0.25) is 0 Å². The van der Waals surface area contributed by atoms with E-state index in [4.69, 9.17) is 24.7 Å². The summed E-state index contributed by atoms with van der Waals surface area (Å²) in [6.07, 6.45) is -7.21. The first-order valence-corrected chi connectivity index (χ1v) is 7.51. The summed E-state index contributed by atoms with van der Waals surface area (Å²) in [5.41, 5.74) is -11.0. The zero-order valence-corrected chi connectivity index (χ0v) is 13.8. The lowest BCUT2D eigenvalue weighted by Crippen LogP contribution is -2.33. The van der Waals surface area contributed by atoms with Gasteiger partial charge in [-0.2, -0.15) is 0 Å². The molecule has 0 saturated carbocycles. The quantitative estimate of drug-likeness (QED) is 0.586. The van der Waals surface area contributed by atoms with Gasteiger partial charge < -0.3 is 0 Å². The Hall–Kier alpha value is -1.63. The maximum atomic E-state index is 9.11. The standard InChI is InChI=1S/C23H31N/c1-21(2,3)17-10-13-24-20(15-17)16-8-9-18-19(14-16)23(6,7)12-11-22(18,4)5/h8-10,13-15H,11-12H2,1-7H3/i4D3,5D3,6D3,7D3,9D,11D2,12D2,14D. The molecule has 0 unspecified atom stereocenters. The molecule has 1 aliphatic carbocycles. The van der Waals surface area contributed by atoms with E-state index in [0.29, 0.717) is 5.56 Å². The molecule has 1 aromatic carbocycles. The average Bonchev–Trinajstić information content (AvgIpc) is 2.72. The Kier molecular flexibility index (Phi) is 1.29. The lowest BCUT2D eigenvalue weighted by molar-refractivity contribution is 0.332. The molecule has 2 aromatic rings. The van der Waals surface area contributed by atoms with E-state index in [0.717, 1.165) is 6.07 Å². The Labute approximate surface area is 172 Å². The van der Waals surface area contributed by atoms with Crippen molar-refractivity contribution >= 4 is 0 Å². The summed E-state index contributed by atoms with van der Waals surface area (Å²) in [4.78, 5) is 4.17. The molecule has 0 saturated heterocycles. The molecule has 0 amide bonds. The van der Waals surface area contributed by atoms with Crippen LogP contribution in [0.4, 0.5) is 0 Å². The van der Waals surface area contributed by atoms with Crippen LogP contribution in [0.3, 0.4) is 0 Å². The van der Waals surface area contributed by atoms with Crippen LogP contribution in [-0.4, -0.2) is 4.98 Å². The highest BCUT2D eigenvalue weighted by molar-refractivity contribution is 5.63. The lowest BCUT2D eigenvalue weighted by atomic mass is 9.63. The van der Waals surface area contributed by atoms with E-state index in [9.17, 15) is 0 Å². The molecule has 24 heavy (non-hydrogen) atoms. The molecule has 1 heterocycles. The summed E-state index contributed by atoms with van der Waals surface area (Å²) >= 11 is 0. The first-order chi connectivity index (χ1) is 18.4. The van der Waals surface area contributed by atoms with Crippen molar-refractivity contribution in [2.75, 3.05) is 0 Å². The second-order valence-corrected chi connectivity index (χ2v) is 7.01. The van der Waals surface area contributed by atoms with E-state index in [1.165, 1.54) is 12.3 Å². The summed E-state index contributed by atoms with van der Waals surface area (Å²) in [7, 11) is 0. The number of benzene rings is 1. The van der Waals surface area contributed by atoms with Crippen molar-refractivity contribution in [3.05, 3.63) is 53.2 Å². The fraction of sp³-hybridized carbons (Fsp3) is 0.522. The molecule has 1 aromatic heterocycles. The van der Waals surface area contributed by atoms with Gasteiger partial charge in [-0.3, -0.25) is 4.98 Å². The predicted octanol–water partition coefficient (Wildman–Crippen LogP) is 6.40. The maximum Gasteiger partial charge on any atom is 0.0704 e. The van der Waals surface area contributed by atoms with Crippen molar-refractivity contribution in [2.24, 2.45) is 0 Å². The zero-order valence-electron chi connectivity index (χ0n) is 31.8. The molecule has 0 radical (unpaired) electrons. The topological polar surface area (TPSA) is 12.9 Å². The van der Waals surface area contributed by atoms with E-state index in [1.54, 1.807) is 6.07 Å². The van der Waals surface area contributed by atoms with E-state index in [-0.39, 0.29) is 11.3 Å². The van der Waals surface area contributed by atoms with E-state index in [2.05, 4.69) is 4.98 Å². The van der Waals surface area contributed by atoms with E-state index >= 15 is 0 Å². The number of hydrogen-bond acceptors (Lipinski definition) is 1. The second kappa shape index (κ2) is 5.44. The van der Waals surface area contributed by atoms with Crippen molar-refractivity contribution in [2.45, 2.75) is 77.2 Å². The number of fused-ring (bicyclic) bond motifs is 1. The van der Waals surface area contributed by atoms with Crippen LogP contribution in [0.25, 0.3) is 11.3 Å². The van der Waals surface area contributed by atoms with Crippen LogP contribution in [0.15, 0.2) is 36.5 Å². The third kappa shape index (κ3) is 3.01. The highest BCUT2D eigenvalue weighted by Crippen LogP contribution is 2.46. The molecule has 0 bridgehead atoms. The molecular formula is C23H31N. The van der Waals surface area contributed by atoms with Crippen molar-refractivity contribution in [1.82, 2.24) is 4.98 Å². The number of nitrogens with zero attached hydrogens (tertiary/aromatic N) is 1. The first-order valence-electron chi connectivity index (χ1n) is 16.5. The van der Waals surface area contributed by atoms with E-state index in [1.807, 2.05) is 20.8 Å². The molecule has 1 nitrogen and oxygen atoms in total. The average molecular weight is 340 g/mol. The Bertz CT molecular complexity index is 1360. The van der Waals surface area contributed by atoms with Gasteiger partial charge >= 0.3 is 0 Å². The van der Waals surface area contributed by atoms with Crippen molar-refractivity contribution in [1.29, 1.82) is 0 Å². The largest absolute Gasteiger partial charge is 0.256 e. The van der Waals surface area contributed by atoms with Gasteiger partial charge in [0.25, 0.3) is 0 Å². The highest BCUT2D eigenvalue weighted by atomic mass is 14.7. The van der Waals surface area contributed by atoms with Gasteiger partial charge in [0.15, 0.2) is 0 Å². The third-order valence-corrected chi connectivity index (χ3v) is 3.96. The molecule has 128 valence electrons. The minimum atomic E-state index is -4.28. The molecular weight excluding hydrogens is 290 g/mol. The SMILES string of the molecule is [2H]c1cc(-c2cc(C(C)(C)C)ccn2)c([2H])c2c1C(C([2H])([2H])[2H])(C([2H])([2H])[2H])C([2H])([2H])C([2H])([2H])C2(C([2H])([2H])[2H])C([2H])([2H])[2H]. The summed E-state index contributed by atoms with van der Waals surface area (Å²) in [5, 5.41) is 0. The van der Waals surface area contributed by atoms with Gasteiger partial charge in [-0.05, 0) is 63.9 Å². The minimum Gasteiger partial charge on any atom is -0.256 e. The van der Waals surface area contributed by atoms with Crippen molar-refractivity contribution in [3.8, 4) is 11.3 Å². The Morgan fingerprint density at radius 1 is 1.08 bits per heavy atom. The predicted molar refractivity (Wildman–Crippen MR) is 104 cm³/mol. The van der Waals surface area contributed by atoms with Crippen LogP contribution >= 0.6 is 0 Å². The monoisotopic (exact) mass is 339 g/mol. The van der Waals surface area contributed by atoms with Gasteiger partial charge in [-0.1, -0.05) is 60.3 Å². The molecule has 1 heteroatoms. The molecule has 3 rings (SSSR count). The fourth-order valence-electron chi connectivity index (χ4n) is 2.52. The van der Waals surface area contributed by atoms with Gasteiger partial charge in [-0.15, -0.1) is 0 Å². The van der Waals surface area contributed by atoms with E-state index < -0.39 is 79.6 Å². The van der Waals surface area contributed by atoms with Gasteiger partial charge in [0, 0.05) is 33.7 Å². The van der Waals surface area contributed by atoms with Gasteiger partial charge in [0.05, 0.1) is 8.44 Å². The van der Waals surface area contributed by atoms with Crippen LogP contribution in [-0.2, 0) is 16.2 Å². The fourth-order valence-corrected chi connectivity index (χ4v) is 2.52. The molecule has 0 fully saturated rings. The highest BCUT2D eigenvalue weighted by Gasteiger charge is 2.37. The first kappa shape index (κ1) is 5.69. The molecule has 0 N–H and O–H groups in total. The van der Waals surface area contributed by atoms with Crippen molar-refractivity contribution in [3.63, 3.8) is 0 Å². The smallest absolute Gasteiger partial charge is 0.0704 e. The molecule has 1 aliphatic rings. The van der Waals surface area contributed by atoms with Crippen LogP contribution in [0.1, 0.15) is 102 Å². The van der Waals surface area contributed by atoms with Crippen LogP contribution < -0.4 is 0 Å². The van der Waals surface area contributed by atoms with Gasteiger partial charge in [0.1, 0.15) is 0 Å². The Morgan fingerprint density at radius 2 is 1.75 bits per heavy atom. The minimum absolute atomic E-state index is 0.0729. The number of rotatable bonds is 1.